The van der Waals surface area contributed by atoms with Crippen molar-refractivity contribution in [3.63, 3.8) is 0 Å². The molecule has 1 saturated heterocycles. The van der Waals surface area contributed by atoms with Gasteiger partial charge in [-0.25, -0.2) is 0 Å². The molecule has 7 nitrogen and oxygen atoms in total. The van der Waals surface area contributed by atoms with Gasteiger partial charge in [0.05, 0.1) is 18.8 Å². The fourth-order valence-corrected chi connectivity index (χ4v) is 3.57. The van der Waals surface area contributed by atoms with Gasteiger partial charge in [0.1, 0.15) is 0 Å². The van der Waals surface area contributed by atoms with E-state index in [1.54, 1.807) is 32.2 Å². The number of rotatable bonds is 10. The van der Waals surface area contributed by atoms with Crippen LogP contribution in [0.1, 0.15) is 32.8 Å². The Hall–Kier alpha value is -2.13. The molecule has 2 rings (SSSR count). The molecule has 2 N–H and O–H groups in total. The number of para-hydroxylation sites is 1. The van der Waals surface area contributed by atoms with Crippen molar-refractivity contribution in [2.75, 3.05) is 39.8 Å². The van der Waals surface area contributed by atoms with Crippen LogP contribution in [-0.2, 0) is 11.3 Å². The van der Waals surface area contributed by atoms with Gasteiger partial charge in [0.2, 0.25) is 0 Å². The van der Waals surface area contributed by atoms with E-state index in [1.807, 2.05) is 0 Å². The number of hydrogen-bond acceptors (Lipinski definition) is 5. The van der Waals surface area contributed by atoms with Crippen LogP contribution < -0.4 is 20.1 Å². The van der Waals surface area contributed by atoms with Gasteiger partial charge in [-0.05, 0) is 33.3 Å². The summed E-state index contributed by atoms with van der Waals surface area (Å²) in [7, 11) is 1.67. The van der Waals surface area contributed by atoms with Crippen LogP contribution in [0.2, 0.25) is 0 Å². The Bertz CT molecular complexity index is 666. The van der Waals surface area contributed by atoms with E-state index >= 15 is 0 Å². The molecule has 0 spiro atoms. The lowest BCUT2D eigenvalue weighted by atomic mass is 10.2. The topological polar surface area (TPSA) is 67.4 Å². The molecule has 1 aliphatic rings. The summed E-state index contributed by atoms with van der Waals surface area (Å²) < 4.78 is 41.6. The first-order valence-corrected chi connectivity index (χ1v) is 10.4. The van der Waals surface area contributed by atoms with Gasteiger partial charge in [0, 0.05) is 45.3 Å². The zero-order valence-corrected chi connectivity index (χ0v) is 18.3. The number of hydrogen-bond donors (Lipinski definition) is 2. The lowest BCUT2D eigenvalue weighted by Gasteiger charge is -2.35. The van der Waals surface area contributed by atoms with Gasteiger partial charge in [-0.3, -0.25) is 9.89 Å². The van der Waals surface area contributed by atoms with E-state index in [0.717, 1.165) is 32.6 Å². The zero-order valence-electron chi connectivity index (χ0n) is 18.3. The molecule has 0 radical (unpaired) electrons. The smallest absolute Gasteiger partial charge is 0.387 e. The summed E-state index contributed by atoms with van der Waals surface area (Å²) in [4.78, 5) is 6.61. The minimum Gasteiger partial charge on any atom is -0.490 e. The largest absolute Gasteiger partial charge is 0.490 e. The first kappa shape index (κ1) is 24.1. The van der Waals surface area contributed by atoms with Crippen molar-refractivity contribution < 1.29 is 23.0 Å². The van der Waals surface area contributed by atoms with Gasteiger partial charge >= 0.3 is 6.61 Å². The van der Waals surface area contributed by atoms with Gasteiger partial charge < -0.3 is 24.8 Å². The van der Waals surface area contributed by atoms with Gasteiger partial charge in [0.25, 0.3) is 0 Å². The van der Waals surface area contributed by atoms with Crippen molar-refractivity contribution in [1.29, 1.82) is 0 Å². The van der Waals surface area contributed by atoms with Crippen LogP contribution in [0.15, 0.2) is 23.2 Å². The summed E-state index contributed by atoms with van der Waals surface area (Å²) in [6, 6.07) is 5.09. The summed E-state index contributed by atoms with van der Waals surface area (Å²) in [5.74, 6) is 0.949. The van der Waals surface area contributed by atoms with Crippen molar-refractivity contribution in [2.24, 2.45) is 4.99 Å². The van der Waals surface area contributed by atoms with Gasteiger partial charge in [-0.2, -0.15) is 8.78 Å². The normalized spacial score (nSPS) is 20.3. The minimum absolute atomic E-state index is 0.0489. The first-order chi connectivity index (χ1) is 14.4. The minimum atomic E-state index is -2.92. The number of morpholine rings is 1. The van der Waals surface area contributed by atoms with E-state index in [1.165, 1.54) is 0 Å². The molecule has 0 saturated carbocycles. The number of aliphatic imine (C=N–C) groups is 1. The maximum absolute atomic E-state index is 12.8. The van der Waals surface area contributed by atoms with Crippen molar-refractivity contribution in [3.05, 3.63) is 23.8 Å². The van der Waals surface area contributed by atoms with Crippen LogP contribution in [0.25, 0.3) is 0 Å². The maximum atomic E-state index is 12.8. The Morgan fingerprint density at radius 1 is 1.27 bits per heavy atom. The van der Waals surface area contributed by atoms with Crippen LogP contribution in [0, 0.1) is 0 Å². The van der Waals surface area contributed by atoms with Gasteiger partial charge in [-0.15, -0.1) is 0 Å². The number of benzene rings is 1. The van der Waals surface area contributed by atoms with E-state index in [-0.39, 0.29) is 24.5 Å². The Morgan fingerprint density at radius 2 is 2.00 bits per heavy atom. The lowest BCUT2D eigenvalue weighted by Crippen LogP contribution is -2.46. The number of ether oxygens (including phenoxy) is 3. The molecular formula is C21H34F2N4O3. The standard InChI is InChI=1S/C21H34F2N4O3/c1-5-28-18-9-6-8-17(19(18)30-20(22)23)12-26-21(24-4)25-10-7-11-27-13-15(2)29-16(3)14-27/h6,8-9,15-16,20H,5,7,10-14H2,1-4H3,(H2,24,25,26). The molecule has 1 aliphatic heterocycles. The highest BCUT2D eigenvalue weighted by atomic mass is 19.3. The SMILES string of the molecule is CCOc1cccc(CNC(=NC)NCCCN2CC(C)OC(C)C2)c1OC(F)F. The number of alkyl halides is 2. The van der Waals surface area contributed by atoms with E-state index in [9.17, 15) is 8.78 Å². The van der Waals surface area contributed by atoms with Crippen molar-refractivity contribution in [1.82, 2.24) is 15.5 Å². The number of nitrogens with zero attached hydrogens (tertiary/aromatic N) is 2. The lowest BCUT2D eigenvalue weighted by molar-refractivity contribution is -0.0679. The Kier molecular flexibility index (Phi) is 10.1. The Morgan fingerprint density at radius 3 is 2.63 bits per heavy atom. The molecule has 1 aromatic carbocycles. The summed E-state index contributed by atoms with van der Waals surface area (Å²) in [5, 5.41) is 6.41. The monoisotopic (exact) mass is 428 g/mol. The molecule has 1 heterocycles. The molecule has 2 unspecified atom stereocenters. The van der Waals surface area contributed by atoms with Crippen LogP contribution >= 0.6 is 0 Å². The summed E-state index contributed by atoms with van der Waals surface area (Å²) >= 11 is 0. The predicted octanol–water partition coefficient (Wildman–Crippen LogP) is 2.85. The molecule has 0 bridgehead atoms. The fraction of sp³-hybridized carbons (Fsp3) is 0.667. The van der Waals surface area contributed by atoms with Crippen molar-refractivity contribution in [3.8, 4) is 11.5 Å². The van der Waals surface area contributed by atoms with Crippen molar-refractivity contribution in [2.45, 2.75) is 52.6 Å². The molecule has 1 fully saturated rings. The predicted molar refractivity (Wildman–Crippen MR) is 114 cm³/mol. The van der Waals surface area contributed by atoms with Gasteiger partial charge in [0.15, 0.2) is 17.5 Å². The highest BCUT2D eigenvalue weighted by molar-refractivity contribution is 5.79. The van der Waals surface area contributed by atoms with E-state index in [2.05, 4.69) is 34.4 Å². The van der Waals surface area contributed by atoms with Crippen LogP contribution in [-0.4, -0.2) is 69.5 Å². The second-order valence-electron chi connectivity index (χ2n) is 7.28. The highest BCUT2D eigenvalue weighted by Crippen LogP contribution is 2.32. The number of halogens is 2. The van der Waals surface area contributed by atoms with Gasteiger partial charge in [-0.1, -0.05) is 12.1 Å². The first-order valence-electron chi connectivity index (χ1n) is 10.4. The quantitative estimate of drug-likeness (QED) is 0.339. The molecular weight excluding hydrogens is 394 g/mol. The third kappa shape index (κ3) is 7.95. The third-order valence-corrected chi connectivity index (χ3v) is 4.68. The second-order valence-corrected chi connectivity index (χ2v) is 7.28. The molecule has 170 valence electrons. The molecule has 0 amide bonds. The summed E-state index contributed by atoms with van der Waals surface area (Å²) in [6.07, 6.45) is 1.47. The highest BCUT2D eigenvalue weighted by Gasteiger charge is 2.21. The zero-order chi connectivity index (χ0) is 21.9. The Balaban J connectivity index is 1.83. The van der Waals surface area contributed by atoms with E-state index in [0.29, 0.717) is 23.9 Å². The number of nitrogens with one attached hydrogen (secondary N) is 2. The Labute approximate surface area is 177 Å². The fourth-order valence-electron chi connectivity index (χ4n) is 3.57. The summed E-state index contributed by atoms with van der Waals surface area (Å²) in [5.41, 5.74) is 0.570. The summed E-state index contributed by atoms with van der Waals surface area (Å²) in [6.45, 7) is 7.32. The second kappa shape index (κ2) is 12.5. The molecule has 1 aromatic rings. The van der Waals surface area contributed by atoms with Crippen LogP contribution in [0.3, 0.4) is 0 Å². The average Bonchev–Trinajstić information content (AvgIpc) is 2.68. The van der Waals surface area contributed by atoms with Crippen LogP contribution in [0.5, 0.6) is 11.5 Å². The van der Waals surface area contributed by atoms with Crippen molar-refractivity contribution >= 4 is 5.96 Å². The van der Waals surface area contributed by atoms with E-state index in [4.69, 9.17) is 14.2 Å². The molecule has 30 heavy (non-hydrogen) atoms. The molecule has 0 aliphatic carbocycles. The third-order valence-electron chi connectivity index (χ3n) is 4.68. The average molecular weight is 429 g/mol. The maximum Gasteiger partial charge on any atom is 0.387 e. The molecule has 0 aromatic heterocycles. The molecule has 9 heteroatoms. The molecule has 2 atom stereocenters. The van der Waals surface area contributed by atoms with E-state index < -0.39 is 6.61 Å². The number of guanidine groups is 1. The van der Waals surface area contributed by atoms with Crippen LogP contribution in [0.4, 0.5) is 8.78 Å².